The van der Waals surface area contributed by atoms with Gasteiger partial charge in [-0.25, -0.2) is 0 Å². The van der Waals surface area contributed by atoms with Gasteiger partial charge in [0.2, 0.25) is 5.91 Å². The summed E-state index contributed by atoms with van der Waals surface area (Å²) in [6.45, 7) is 2.32. The molecular weight excluding hydrogens is 260 g/mol. The zero-order valence-electron chi connectivity index (χ0n) is 10.6. The van der Waals surface area contributed by atoms with Crippen molar-refractivity contribution in [1.29, 1.82) is 0 Å². The van der Waals surface area contributed by atoms with Crippen molar-refractivity contribution in [1.82, 2.24) is 4.98 Å². The first-order valence-corrected chi connectivity index (χ1v) is 6.55. The minimum Gasteiger partial charge on any atom is -0.312 e. The van der Waals surface area contributed by atoms with Crippen molar-refractivity contribution in [2.24, 2.45) is 0 Å². The van der Waals surface area contributed by atoms with Gasteiger partial charge in [0.15, 0.2) is 0 Å². The van der Waals surface area contributed by atoms with Crippen LogP contribution in [0.25, 0.3) is 11.1 Å². The number of benzene rings is 1. The Hall–Kier alpha value is -1.87. The number of amides is 1. The molecule has 0 radical (unpaired) electrons. The molecule has 0 atom stereocenters. The number of carbonyl (C=O) groups is 1. The van der Waals surface area contributed by atoms with Crippen LogP contribution in [0.5, 0.6) is 0 Å². The first-order chi connectivity index (χ1) is 9.16. The number of fused-ring (bicyclic) bond motifs is 1. The lowest BCUT2D eigenvalue weighted by molar-refractivity contribution is -0.116. The first-order valence-electron chi connectivity index (χ1n) is 6.18. The zero-order valence-corrected chi connectivity index (χ0v) is 11.3. The molecule has 4 heteroatoms. The molecule has 0 bridgehead atoms. The standard InChI is InChI=1S/C15H13ClN2O/c1-10(19)18-6-4-11-7-13(14(16)8-15(11)18)12-3-2-5-17-9-12/h2-3,5,7-9H,4,6H2,1H3. The number of pyridine rings is 1. The van der Waals surface area contributed by atoms with Gasteiger partial charge in [-0.3, -0.25) is 9.78 Å². The number of rotatable bonds is 1. The molecule has 0 saturated carbocycles. The molecule has 1 amide bonds. The Bertz CT molecular complexity index is 640. The minimum atomic E-state index is 0.0592. The van der Waals surface area contributed by atoms with Crippen LogP contribution >= 0.6 is 11.6 Å². The molecule has 1 aromatic carbocycles. The average Bonchev–Trinajstić information content (AvgIpc) is 2.81. The van der Waals surface area contributed by atoms with Crippen LogP contribution in [0.4, 0.5) is 5.69 Å². The normalized spacial score (nSPS) is 13.5. The van der Waals surface area contributed by atoms with Gasteiger partial charge in [0.1, 0.15) is 0 Å². The molecule has 19 heavy (non-hydrogen) atoms. The molecule has 0 N–H and O–H groups in total. The van der Waals surface area contributed by atoms with Gasteiger partial charge in [-0.05, 0) is 30.2 Å². The Labute approximate surface area is 116 Å². The highest BCUT2D eigenvalue weighted by molar-refractivity contribution is 6.33. The maximum Gasteiger partial charge on any atom is 0.223 e. The number of hydrogen-bond donors (Lipinski definition) is 0. The van der Waals surface area contributed by atoms with E-state index < -0.39 is 0 Å². The zero-order chi connectivity index (χ0) is 13.4. The molecule has 1 aliphatic rings. The third kappa shape index (κ3) is 2.10. The van der Waals surface area contributed by atoms with E-state index in [9.17, 15) is 4.79 Å². The number of anilines is 1. The van der Waals surface area contributed by atoms with Crippen LogP contribution in [0.3, 0.4) is 0 Å². The molecule has 0 fully saturated rings. The van der Waals surface area contributed by atoms with E-state index >= 15 is 0 Å². The first kappa shape index (κ1) is 12.2. The van der Waals surface area contributed by atoms with Gasteiger partial charge in [0.05, 0.1) is 5.02 Å². The average molecular weight is 273 g/mol. The summed E-state index contributed by atoms with van der Waals surface area (Å²) >= 11 is 6.35. The Morgan fingerprint density at radius 2 is 2.26 bits per heavy atom. The molecule has 3 rings (SSSR count). The Kier molecular flexibility index (Phi) is 2.99. The fraction of sp³-hybridized carbons (Fsp3) is 0.200. The van der Waals surface area contributed by atoms with Gasteiger partial charge in [-0.1, -0.05) is 17.7 Å². The van der Waals surface area contributed by atoms with E-state index in [1.54, 1.807) is 24.2 Å². The molecule has 1 aromatic heterocycles. The smallest absolute Gasteiger partial charge is 0.223 e. The van der Waals surface area contributed by atoms with Crippen LogP contribution in [0, 0.1) is 0 Å². The summed E-state index contributed by atoms with van der Waals surface area (Å²) in [5, 5.41) is 0.653. The Morgan fingerprint density at radius 1 is 1.42 bits per heavy atom. The number of hydrogen-bond acceptors (Lipinski definition) is 2. The fourth-order valence-electron chi connectivity index (χ4n) is 2.48. The summed E-state index contributed by atoms with van der Waals surface area (Å²) < 4.78 is 0. The Balaban J connectivity index is 2.10. The molecule has 0 aliphatic carbocycles. The van der Waals surface area contributed by atoms with Crippen molar-refractivity contribution >= 4 is 23.2 Å². The second kappa shape index (κ2) is 4.67. The summed E-state index contributed by atoms with van der Waals surface area (Å²) in [6, 6.07) is 7.82. The SMILES string of the molecule is CC(=O)N1CCc2cc(-c3cccnc3)c(Cl)cc21. The predicted molar refractivity (Wildman–Crippen MR) is 76.4 cm³/mol. The second-order valence-corrected chi connectivity index (χ2v) is 5.03. The molecule has 3 nitrogen and oxygen atoms in total. The summed E-state index contributed by atoms with van der Waals surface area (Å²) in [5.74, 6) is 0.0592. The number of carbonyl (C=O) groups excluding carboxylic acids is 1. The van der Waals surface area contributed by atoms with Crippen molar-refractivity contribution in [3.05, 3.63) is 47.2 Å². The van der Waals surface area contributed by atoms with Crippen molar-refractivity contribution in [3.63, 3.8) is 0 Å². The van der Waals surface area contributed by atoms with Gasteiger partial charge >= 0.3 is 0 Å². The minimum absolute atomic E-state index is 0.0592. The van der Waals surface area contributed by atoms with Crippen molar-refractivity contribution < 1.29 is 4.79 Å². The number of nitrogens with zero attached hydrogens (tertiary/aromatic N) is 2. The molecule has 96 valence electrons. The highest BCUT2D eigenvalue weighted by atomic mass is 35.5. The maximum atomic E-state index is 11.5. The van der Waals surface area contributed by atoms with Crippen LogP contribution in [0.15, 0.2) is 36.7 Å². The van der Waals surface area contributed by atoms with Crippen LogP contribution < -0.4 is 4.90 Å². The summed E-state index contributed by atoms with van der Waals surface area (Å²) in [6.07, 6.45) is 4.41. The lowest BCUT2D eigenvalue weighted by Crippen LogP contribution is -2.25. The number of aromatic nitrogens is 1. The molecule has 1 aliphatic heterocycles. The van der Waals surface area contributed by atoms with E-state index in [2.05, 4.69) is 11.1 Å². The highest BCUT2D eigenvalue weighted by Crippen LogP contribution is 2.37. The quantitative estimate of drug-likeness (QED) is 0.798. The maximum absolute atomic E-state index is 11.5. The Morgan fingerprint density at radius 3 is 2.95 bits per heavy atom. The molecular formula is C15H13ClN2O. The third-order valence-corrected chi connectivity index (χ3v) is 3.73. The monoisotopic (exact) mass is 272 g/mol. The van der Waals surface area contributed by atoms with E-state index in [1.165, 1.54) is 5.56 Å². The van der Waals surface area contributed by atoms with E-state index in [1.807, 2.05) is 18.2 Å². The van der Waals surface area contributed by atoms with Crippen LogP contribution in [0.1, 0.15) is 12.5 Å². The topological polar surface area (TPSA) is 33.2 Å². The molecule has 0 spiro atoms. The van der Waals surface area contributed by atoms with Gasteiger partial charge in [0, 0.05) is 42.7 Å². The van der Waals surface area contributed by atoms with Crippen LogP contribution in [0.2, 0.25) is 5.02 Å². The predicted octanol–water partition coefficient (Wildman–Crippen LogP) is 3.31. The van der Waals surface area contributed by atoms with Gasteiger partial charge in [0.25, 0.3) is 0 Å². The van der Waals surface area contributed by atoms with Gasteiger partial charge in [-0.15, -0.1) is 0 Å². The molecule has 2 heterocycles. The van der Waals surface area contributed by atoms with Crippen molar-refractivity contribution in [3.8, 4) is 11.1 Å². The van der Waals surface area contributed by atoms with Crippen LogP contribution in [-0.4, -0.2) is 17.4 Å². The lowest BCUT2D eigenvalue weighted by atomic mass is 10.0. The molecule has 2 aromatic rings. The molecule has 0 saturated heterocycles. The van der Waals surface area contributed by atoms with E-state index in [0.717, 1.165) is 29.8 Å². The summed E-state index contributed by atoms with van der Waals surface area (Å²) in [4.78, 5) is 17.4. The highest BCUT2D eigenvalue weighted by Gasteiger charge is 2.23. The van der Waals surface area contributed by atoms with Crippen molar-refractivity contribution in [2.75, 3.05) is 11.4 Å². The second-order valence-electron chi connectivity index (χ2n) is 4.62. The van der Waals surface area contributed by atoms with Gasteiger partial charge in [-0.2, -0.15) is 0 Å². The van der Waals surface area contributed by atoms with E-state index in [0.29, 0.717) is 5.02 Å². The summed E-state index contributed by atoms with van der Waals surface area (Å²) in [7, 11) is 0. The van der Waals surface area contributed by atoms with Crippen molar-refractivity contribution in [2.45, 2.75) is 13.3 Å². The molecule has 0 unspecified atom stereocenters. The third-order valence-electron chi connectivity index (χ3n) is 3.42. The van der Waals surface area contributed by atoms with E-state index in [-0.39, 0.29) is 5.91 Å². The fourth-order valence-corrected chi connectivity index (χ4v) is 2.75. The summed E-state index contributed by atoms with van der Waals surface area (Å²) in [5.41, 5.74) is 4.07. The lowest BCUT2D eigenvalue weighted by Gasteiger charge is -2.16. The number of halogens is 1. The van der Waals surface area contributed by atoms with E-state index in [4.69, 9.17) is 11.6 Å². The largest absolute Gasteiger partial charge is 0.312 e. The van der Waals surface area contributed by atoms with Crippen LogP contribution in [-0.2, 0) is 11.2 Å². The van der Waals surface area contributed by atoms with Gasteiger partial charge < -0.3 is 4.90 Å².